The molecule has 5 heteroatoms. The van der Waals surface area contributed by atoms with Crippen molar-refractivity contribution in [3.05, 3.63) is 29.0 Å². The Kier molecular flexibility index (Phi) is 5.38. The van der Waals surface area contributed by atoms with Crippen molar-refractivity contribution >= 4 is 23.2 Å². The van der Waals surface area contributed by atoms with Gasteiger partial charge < -0.3 is 5.32 Å². The van der Waals surface area contributed by atoms with Gasteiger partial charge in [-0.25, -0.2) is 4.39 Å². The lowest BCUT2D eigenvalue weighted by Gasteiger charge is -2.17. The standard InChI is InChI=1S/C12H16ClFN2O/c1-3-16(4-2)8-12(17)15-11-6-5-9(13)7-10(11)14/h5-7H,3-4,8H2,1-2H3,(H,15,17). The molecule has 0 aliphatic rings. The predicted octanol–water partition coefficient (Wildman–Crippen LogP) is 2.76. The van der Waals surface area contributed by atoms with Gasteiger partial charge in [0.1, 0.15) is 5.82 Å². The highest BCUT2D eigenvalue weighted by Gasteiger charge is 2.10. The molecule has 1 rings (SSSR count). The fourth-order valence-electron chi connectivity index (χ4n) is 1.43. The third-order valence-corrected chi connectivity index (χ3v) is 2.70. The van der Waals surface area contributed by atoms with Gasteiger partial charge in [-0.1, -0.05) is 25.4 Å². The van der Waals surface area contributed by atoms with E-state index in [4.69, 9.17) is 11.6 Å². The number of carbonyl (C=O) groups is 1. The first-order valence-corrected chi connectivity index (χ1v) is 5.91. The minimum absolute atomic E-state index is 0.159. The number of benzene rings is 1. The molecule has 0 atom stereocenters. The van der Waals surface area contributed by atoms with E-state index in [1.807, 2.05) is 18.7 Å². The number of nitrogens with zero attached hydrogens (tertiary/aromatic N) is 1. The lowest BCUT2D eigenvalue weighted by atomic mass is 10.3. The Morgan fingerprint density at radius 1 is 1.41 bits per heavy atom. The fourth-order valence-corrected chi connectivity index (χ4v) is 1.59. The number of hydrogen-bond acceptors (Lipinski definition) is 2. The maximum absolute atomic E-state index is 13.4. The first-order valence-electron chi connectivity index (χ1n) is 5.54. The number of amides is 1. The van der Waals surface area contributed by atoms with Gasteiger partial charge in [-0.05, 0) is 31.3 Å². The van der Waals surface area contributed by atoms with Crippen molar-refractivity contribution in [3.63, 3.8) is 0 Å². The highest BCUT2D eigenvalue weighted by atomic mass is 35.5. The molecule has 0 aromatic heterocycles. The van der Waals surface area contributed by atoms with Crippen LogP contribution in [0.15, 0.2) is 18.2 Å². The van der Waals surface area contributed by atoms with Gasteiger partial charge in [0.15, 0.2) is 0 Å². The van der Waals surface area contributed by atoms with E-state index in [1.165, 1.54) is 18.2 Å². The molecule has 1 amide bonds. The summed E-state index contributed by atoms with van der Waals surface area (Å²) in [4.78, 5) is 13.6. The minimum atomic E-state index is -0.523. The summed E-state index contributed by atoms with van der Waals surface area (Å²) in [7, 11) is 0. The van der Waals surface area contributed by atoms with Crippen molar-refractivity contribution in [2.24, 2.45) is 0 Å². The maximum Gasteiger partial charge on any atom is 0.238 e. The van der Waals surface area contributed by atoms with Crippen LogP contribution in [-0.2, 0) is 4.79 Å². The van der Waals surface area contributed by atoms with Crippen LogP contribution in [0, 0.1) is 5.82 Å². The summed E-state index contributed by atoms with van der Waals surface area (Å²) in [5.74, 6) is -0.750. The molecule has 0 radical (unpaired) electrons. The summed E-state index contributed by atoms with van der Waals surface area (Å²) < 4.78 is 13.4. The number of hydrogen-bond donors (Lipinski definition) is 1. The van der Waals surface area contributed by atoms with Crippen molar-refractivity contribution < 1.29 is 9.18 Å². The van der Waals surface area contributed by atoms with E-state index in [-0.39, 0.29) is 18.1 Å². The molecule has 1 aromatic carbocycles. The Morgan fingerprint density at radius 3 is 2.59 bits per heavy atom. The normalized spacial score (nSPS) is 10.6. The zero-order valence-electron chi connectivity index (χ0n) is 9.96. The number of nitrogens with one attached hydrogen (secondary N) is 1. The van der Waals surface area contributed by atoms with Gasteiger partial charge in [-0.2, -0.15) is 0 Å². The first kappa shape index (κ1) is 13.9. The number of likely N-dealkylation sites (N-methyl/N-ethyl adjacent to an activating group) is 1. The molecule has 94 valence electrons. The van der Waals surface area contributed by atoms with Crippen molar-refractivity contribution in [1.29, 1.82) is 0 Å². The van der Waals surface area contributed by atoms with Crippen LogP contribution in [0.1, 0.15) is 13.8 Å². The van der Waals surface area contributed by atoms with Crippen LogP contribution in [0.2, 0.25) is 5.02 Å². The van der Waals surface area contributed by atoms with E-state index in [2.05, 4.69) is 5.32 Å². The van der Waals surface area contributed by atoms with Crippen LogP contribution in [-0.4, -0.2) is 30.4 Å². The topological polar surface area (TPSA) is 32.3 Å². The smallest absolute Gasteiger partial charge is 0.238 e. The summed E-state index contributed by atoms with van der Waals surface area (Å²) in [5, 5.41) is 2.83. The first-order chi connectivity index (χ1) is 8.06. The molecule has 0 saturated heterocycles. The van der Waals surface area contributed by atoms with Crippen LogP contribution in [0.25, 0.3) is 0 Å². The third kappa shape index (κ3) is 4.32. The second-order valence-corrected chi connectivity index (χ2v) is 4.07. The predicted molar refractivity (Wildman–Crippen MR) is 67.8 cm³/mol. The van der Waals surface area contributed by atoms with Gasteiger partial charge in [0.2, 0.25) is 5.91 Å². The number of anilines is 1. The summed E-state index contributed by atoms with van der Waals surface area (Å²) in [5.41, 5.74) is 0.159. The highest BCUT2D eigenvalue weighted by molar-refractivity contribution is 6.30. The maximum atomic E-state index is 13.4. The molecular weight excluding hydrogens is 243 g/mol. The SMILES string of the molecule is CCN(CC)CC(=O)Nc1ccc(Cl)cc1F. The van der Waals surface area contributed by atoms with Gasteiger partial charge in [0.05, 0.1) is 12.2 Å². The molecule has 17 heavy (non-hydrogen) atoms. The molecule has 0 aliphatic carbocycles. The van der Waals surface area contributed by atoms with Gasteiger partial charge in [0, 0.05) is 5.02 Å². The fraction of sp³-hybridized carbons (Fsp3) is 0.417. The van der Waals surface area contributed by atoms with E-state index >= 15 is 0 Å². The summed E-state index contributed by atoms with van der Waals surface area (Å²) in [6, 6.07) is 4.17. The van der Waals surface area contributed by atoms with Crippen LogP contribution < -0.4 is 5.32 Å². The lowest BCUT2D eigenvalue weighted by Crippen LogP contribution is -2.33. The Bertz CT molecular complexity index is 394. The molecular formula is C12H16ClFN2O. The Labute approximate surface area is 106 Å². The number of carbonyl (C=O) groups excluding carboxylic acids is 1. The van der Waals surface area contributed by atoms with Crippen LogP contribution in [0.3, 0.4) is 0 Å². The van der Waals surface area contributed by atoms with Crippen molar-refractivity contribution in [2.75, 3.05) is 25.0 Å². The summed E-state index contributed by atoms with van der Waals surface area (Å²) in [6.07, 6.45) is 0. The molecule has 1 N–H and O–H groups in total. The zero-order chi connectivity index (χ0) is 12.8. The summed E-state index contributed by atoms with van der Waals surface area (Å²) >= 11 is 5.62. The van der Waals surface area contributed by atoms with Crippen LogP contribution in [0.5, 0.6) is 0 Å². The Morgan fingerprint density at radius 2 is 2.06 bits per heavy atom. The highest BCUT2D eigenvalue weighted by Crippen LogP contribution is 2.18. The van der Waals surface area contributed by atoms with E-state index < -0.39 is 5.82 Å². The monoisotopic (exact) mass is 258 g/mol. The quantitative estimate of drug-likeness (QED) is 0.881. The molecule has 0 heterocycles. The Hall–Kier alpha value is -1.13. The van der Waals surface area contributed by atoms with Crippen molar-refractivity contribution in [2.45, 2.75) is 13.8 Å². The van der Waals surface area contributed by atoms with Gasteiger partial charge in [0.25, 0.3) is 0 Å². The van der Waals surface area contributed by atoms with E-state index in [0.29, 0.717) is 5.02 Å². The minimum Gasteiger partial charge on any atom is -0.322 e. The molecule has 1 aromatic rings. The van der Waals surface area contributed by atoms with Gasteiger partial charge in [-0.15, -0.1) is 0 Å². The molecule has 0 spiro atoms. The number of rotatable bonds is 5. The van der Waals surface area contributed by atoms with E-state index in [0.717, 1.165) is 13.1 Å². The van der Waals surface area contributed by atoms with Gasteiger partial charge in [-0.3, -0.25) is 9.69 Å². The molecule has 0 saturated carbocycles. The second-order valence-electron chi connectivity index (χ2n) is 3.63. The molecule has 0 fully saturated rings. The van der Waals surface area contributed by atoms with Crippen molar-refractivity contribution in [1.82, 2.24) is 4.90 Å². The molecule has 0 aliphatic heterocycles. The van der Waals surface area contributed by atoms with Crippen LogP contribution >= 0.6 is 11.6 Å². The average molecular weight is 259 g/mol. The van der Waals surface area contributed by atoms with Gasteiger partial charge >= 0.3 is 0 Å². The van der Waals surface area contributed by atoms with E-state index in [9.17, 15) is 9.18 Å². The Balaban J connectivity index is 2.62. The molecule has 0 unspecified atom stereocenters. The molecule has 0 bridgehead atoms. The van der Waals surface area contributed by atoms with Crippen molar-refractivity contribution in [3.8, 4) is 0 Å². The van der Waals surface area contributed by atoms with Crippen LogP contribution in [0.4, 0.5) is 10.1 Å². The second kappa shape index (κ2) is 6.57. The average Bonchev–Trinajstić information content (AvgIpc) is 2.29. The number of halogens is 2. The third-order valence-electron chi connectivity index (χ3n) is 2.47. The largest absolute Gasteiger partial charge is 0.322 e. The molecule has 3 nitrogen and oxygen atoms in total. The zero-order valence-corrected chi connectivity index (χ0v) is 10.7. The summed E-state index contributed by atoms with van der Waals surface area (Å²) in [6.45, 7) is 5.77. The van der Waals surface area contributed by atoms with E-state index in [1.54, 1.807) is 0 Å². The lowest BCUT2D eigenvalue weighted by molar-refractivity contribution is -0.117.